The van der Waals surface area contributed by atoms with Crippen LogP contribution in [-0.4, -0.2) is 11.9 Å². The zero-order valence-corrected chi connectivity index (χ0v) is 6.65. The lowest BCUT2D eigenvalue weighted by Crippen LogP contribution is -2.33. The fourth-order valence-corrected chi connectivity index (χ4v) is 0.508. The summed E-state index contributed by atoms with van der Waals surface area (Å²) in [6.07, 6.45) is 0. The van der Waals surface area contributed by atoms with Crippen LogP contribution in [0.2, 0.25) is 0 Å². The van der Waals surface area contributed by atoms with Crippen LogP contribution < -0.4 is 5.32 Å². The summed E-state index contributed by atoms with van der Waals surface area (Å²) in [6, 6.07) is 0.419. The van der Waals surface area contributed by atoms with Crippen LogP contribution in [0.5, 0.6) is 0 Å². The maximum Gasteiger partial charge on any atom is 0.0901 e. The molecule has 0 spiro atoms. The van der Waals surface area contributed by atoms with Crippen LogP contribution in [0.4, 0.5) is 0 Å². The van der Waals surface area contributed by atoms with Crippen molar-refractivity contribution in [2.24, 2.45) is 5.92 Å². The Balaban J connectivity index is 3.50. The zero-order chi connectivity index (χ0) is 7.44. The molecule has 0 radical (unpaired) electrons. The van der Waals surface area contributed by atoms with Crippen molar-refractivity contribution in [3.63, 3.8) is 0 Å². The van der Waals surface area contributed by atoms with Crippen molar-refractivity contribution >= 4 is 5.84 Å². The Morgan fingerprint density at radius 3 is 1.89 bits per heavy atom. The Kier molecular flexibility index (Phi) is 3.28. The maximum atomic E-state index is 7.11. The number of nitrogens with one attached hydrogen (secondary N) is 2. The fraction of sp³-hybridized carbons (Fsp3) is 0.857. The minimum absolute atomic E-state index is 0.419. The van der Waals surface area contributed by atoms with Crippen LogP contribution in [0.25, 0.3) is 0 Å². The van der Waals surface area contributed by atoms with Gasteiger partial charge in [0.05, 0.1) is 5.84 Å². The average Bonchev–Trinajstić information content (AvgIpc) is 1.63. The van der Waals surface area contributed by atoms with E-state index in [4.69, 9.17) is 5.41 Å². The molecule has 2 N–H and O–H groups in total. The van der Waals surface area contributed by atoms with E-state index in [0.717, 1.165) is 0 Å². The third kappa shape index (κ3) is 4.01. The first-order valence-electron chi connectivity index (χ1n) is 3.35. The van der Waals surface area contributed by atoms with Crippen molar-refractivity contribution in [2.75, 3.05) is 0 Å². The predicted molar refractivity (Wildman–Crippen MR) is 40.8 cm³/mol. The van der Waals surface area contributed by atoms with Crippen LogP contribution in [0.15, 0.2) is 0 Å². The van der Waals surface area contributed by atoms with Crippen LogP contribution in [0.1, 0.15) is 27.7 Å². The van der Waals surface area contributed by atoms with Crippen LogP contribution in [-0.2, 0) is 0 Å². The van der Waals surface area contributed by atoms with Gasteiger partial charge in [-0.2, -0.15) is 0 Å². The second-order valence-corrected chi connectivity index (χ2v) is 2.80. The maximum absolute atomic E-state index is 7.11. The first kappa shape index (κ1) is 8.47. The standard InChI is InChI=1S/C7H16N2/c1-5(2)6(3)9-7(4)8/h5-6H,1-4H3,(H2,8,9). The van der Waals surface area contributed by atoms with E-state index in [-0.39, 0.29) is 0 Å². The summed E-state index contributed by atoms with van der Waals surface area (Å²) in [7, 11) is 0. The molecule has 0 fully saturated rings. The summed E-state index contributed by atoms with van der Waals surface area (Å²) in [4.78, 5) is 0. The van der Waals surface area contributed by atoms with Gasteiger partial charge in [-0.15, -0.1) is 0 Å². The van der Waals surface area contributed by atoms with Crippen LogP contribution >= 0.6 is 0 Å². The normalized spacial score (nSPS) is 13.4. The highest BCUT2D eigenvalue weighted by atomic mass is 15.0. The molecule has 0 aromatic rings. The lowest BCUT2D eigenvalue weighted by atomic mass is 10.1. The molecule has 1 atom stereocenters. The molecule has 2 heteroatoms. The summed E-state index contributed by atoms with van der Waals surface area (Å²) in [5.41, 5.74) is 0. The molecule has 1 unspecified atom stereocenters. The molecule has 0 aromatic carbocycles. The van der Waals surface area contributed by atoms with Gasteiger partial charge in [-0.1, -0.05) is 13.8 Å². The van der Waals surface area contributed by atoms with E-state index in [1.165, 1.54) is 0 Å². The fourth-order valence-electron chi connectivity index (χ4n) is 0.508. The quantitative estimate of drug-likeness (QED) is 0.430. The largest absolute Gasteiger partial charge is 0.372 e. The number of amidine groups is 1. The molecule has 0 aromatic heterocycles. The first-order chi connectivity index (χ1) is 4.04. The SMILES string of the molecule is CC(=N)NC(C)C(C)C. The Labute approximate surface area is 57.2 Å². The van der Waals surface area contributed by atoms with Crippen molar-refractivity contribution in [1.82, 2.24) is 5.32 Å². The van der Waals surface area contributed by atoms with E-state index in [1.807, 2.05) is 0 Å². The van der Waals surface area contributed by atoms with E-state index in [1.54, 1.807) is 6.92 Å². The number of hydrogen-bond donors (Lipinski definition) is 2. The lowest BCUT2D eigenvalue weighted by Gasteiger charge is -2.16. The summed E-state index contributed by atoms with van der Waals surface area (Å²) < 4.78 is 0. The zero-order valence-electron chi connectivity index (χ0n) is 6.65. The monoisotopic (exact) mass is 128 g/mol. The second kappa shape index (κ2) is 3.49. The van der Waals surface area contributed by atoms with Crippen molar-refractivity contribution in [3.05, 3.63) is 0 Å². The molecule has 54 valence electrons. The van der Waals surface area contributed by atoms with E-state index in [9.17, 15) is 0 Å². The second-order valence-electron chi connectivity index (χ2n) is 2.80. The van der Waals surface area contributed by atoms with Crippen LogP contribution in [0.3, 0.4) is 0 Å². The van der Waals surface area contributed by atoms with Crippen molar-refractivity contribution in [3.8, 4) is 0 Å². The molecule has 0 amide bonds. The third-order valence-electron chi connectivity index (χ3n) is 1.44. The van der Waals surface area contributed by atoms with E-state index >= 15 is 0 Å². The van der Waals surface area contributed by atoms with Gasteiger partial charge >= 0.3 is 0 Å². The van der Waals surface area contributed by atoms with Gasteiger partial charge in [0.2, 0.25) is 0 Å². The molecule has 2 nitrogen and oxygen atoms in total. The summed E-state index contributed by atoms with van der Waals surface area (Å²) in [5, 5.41) is 10.1. The number of hydrogen-bond acceptors (Lipinski definition) is 1. The molecular weight excluding hydrogens is 112 g/mol. The minimum Gasteiger partial charge on any atom is -0.372 e. The Hall–Kier alpha value is -0.530. The van der Waals surface area contributed by atoms with Gasteiger partial charge in [-0.3, -0.25) is 5.41 Å². The summed E-state index contributed by atoms with van der Waals surface area (Å²) >= 11 is 0. The molecule has 0 aliphatic rings. The van der Waals surface area contributed by atoms with Gasteiger partial charge in [0, 0.05) is 6.04 Å². The van der Waals surface area contributed by atoms with Gasteiger partial charge in [-0.05, 0) is 19.8 Å². The summed E-state index contributed by atoms with van der Waals surface area (Å²) in [6.45, 7) is 8.13. The molecule has 0 aliphatic carbocycles. The molecule has 0 saturated carbocycles. The Bertz CT molecular complexity index is 97.1. The summed E-state index contributed by atoms with van der Waals surface area (Å²) in [5.74, 6) is 1.15. The Morgan fingerprint density at radius 2 is 1.78 bits per heavy atom. The molecule has 0 heterocycles. The van der Waals surface area contributed by atoms with Crippen molar-refractivity contribution in [2.45, 2.75) is 33.7 Å². The van der Waals surface area contributed by atoms with Crippen LogP contribution in [0, 0.1) is 11.3 Å². The molecule has 0 aliphatic heterocycles. The molecule has 0 rings (SSSR count). The highest BCUT2D eigenvalue weighted by molar-refractivity contribution is 5.76. The Morgan fingerprint density at radius 1 is 1.33 bits per heavy atom. The minimum atomic E-state index is 0.419. The van der Waals surface area contributed by atoms with Crippen molar-refractivity contribution < 1.29 is 0 Å². The van der Waals surface area contributed by atoms with Gasteiger partial charge in [0.15, 0.2) is 0 Å². The molecule has 0 saturated heterocycles. The van der Waals surface area contributed by atoms with E-state index < -0.39 is 0 Å². The third-order valence-corrected chi connectivity index (χ3v) is 1.44. The average molecular weight is 128 g/mol. The van der Waals surface area contributed by atoms with Gasteiger partial charge in [-0.25, -0.2) is 0 Å². The highest BCUT2D eigenvalue weighted by Gasteiger charge is 2.04. The molecule has 0 bridgehead atoms. The van der Waals surface area contributed by atoms with Crippen molar-refractivity contribution in [1.29, 1.82) is 5.41 Å². The van der Waals surface area contributed by atoms with E-state index in [0.29, 0.717) is 17.8 Å². The van der Waals surface area contributed by atoms with Gasteiger partial charge in [0.1, 0.15) is 0 Å². The number of rotatable bonds is 2. The molecular formula is C7H16N2. The van der Waals surface area contributed by atoms with Gasteiger partial charge in [0.25, 0.3) is 0 Å². The smallest absolute Gasteiger partial charge is 0.0901 e. The highest BCUT2D eigenvalue weighted by Crippen LogP contribution is 1.98. The van der Waals surface area contributed by atoms with Gasteiger partial charge < -0.3 is 5.32 Å². The van der Waals surface area contributed by atoms with E-state index in [2.05, 4.69) is 26.1 Å². The molecule has 9 heavy (non-hydrogen) atoms. The first-order valence-corrected chi connectivity index (χ1v) is 3.35. The topological polar surface area (TPSA) is 35.9 Å². The lowest BCUT2D eigenvalue weighted by molar-refractivity contribution is 0.485. The predicted octanol–water partition coefficient (Wildman–Crippen LogP) is 1.62.